The number of thiazole rings is 1. The summed E-state index contributed by atoms with van der Waals surface area (Å²) in [6.07, 6.45) is 0. The molecule has 0 unspecified atom stereocenters. The van der Waals surface area contributed by atoms with E-state index in [1.54, 1.807) is 11.3 Å². The molecule has 0 aliphatic carbocycles. The van der Waals surface area contributed by atoms with Crippen molar-refractivity contribution in [2.45, 2.75) is 13.8 Å². The van der Waals surface area contributed by atoms with Gasteiger partial charge < -0.3 is 12.4 Å². The Balaban J connectivity index is 0.00000128. The van der Waals surface area contributed by atoms with Crippen LogP contribution in [-0.2, 0) is 0 Å². The fraction of sp³-hybridized carbons (Fsp3) is 0.182. The van der Waals surface area contributed by atoms with E-state index in [1.807, 2.05) is 0 Å². The summed E-state index contributed by atoms with van der Waals surface area (Å²) in [6.45, 7) is 4.34. The van der Waals surface area contributed by atoms with Crippen molar-refractivity contribution in [1.29, 1.82) is 0 Å². The van der Waals surface area contributed by atoms with Crippen LogP contribution >= 0.6 is 56.5 Å². The lowest BCUT2D eigenvalue weighted by Gasteiger charge is -2.00. The third-order valence-corrected chi connectivity index (χ3v) is 5.09. The summed E-state index contributed by atoms with van der Waals surface area (Å²) in [6, 6.07) is 6.40. The normalized spacial score (nSPS) is 10.0. The predicted molar refractivity (Wildman–Crippen MR) is 80.8 cm³/mol. The average Bonchev–Trinajstić information content (AvgIpc) is 2.49. The molecule has 0 aliphatic heterocycles. The Labute approximate surface area is 133 Å². The number of hydrogen-bond acceptors (Lipinski definition) is 1. The van der Waals surface area contributed by atoms with E-state index in [4.69, 9.17) is 0 Å². The standard InChI is InChI=1S/C11H10I2NS.ClH/c1-7-8(2)15-6-14(7)11-9(12)4-3-5-10(11)13;/h3-6H,1-2H3;1H/q+1;/p-1. The maximum Gasteiger partial charge on any atom is 0.238 e. The minimum atomic E-state index is 0. The lowest BCUT2D eigenvalue weighted by atomic mass is 10.3. The van der Waals surface area contributed by atoms with Gasteiger partial charge in [-0.3, -0.25) is 0 Å². The summed E-state index contributed by atoms with van der Waals surface area (Å²) in [5, 5.41) is 0. The van der Waals surface area contributed by atoms with Crippen molar-refractivity contribution < 1.29 is 17.0 Å². The molecular weight excluding hydrogens is 467 g/mol. The van der Waals surface area contributed by atoms with Crippen LogP contribution in [0.15, 0.2) is 23.7 Å². The second-order valence-corrected chi connectivity index (χ2v) is 6.69. The van der Waals surface area contributed by atoms with Gasteiger partial charge in [-0.05, 0) is 64.2 Å². The van der Waals surface area contributed by atoms with Gasteiger partial charge in [-0.2, -0.15) is 4.57 Å². The zero-order chi connectivity index (χ0) is 11.0. The molecule has 1 nitrogen and oxygen atoms in total. The maximum absolute atomic E-state index is 2.39. The van der Waals surface area contributed by atoms with Crippen molar-refractivity contribution in [1.82, 2.24) is 0 Å². The van der Waals surface area contributed by atoms with Crippen molar-refractivity contribution >= 4 is 56.5 Å². The summed E-state index contributed by atoms with van der Waals surface area (Å²) in [5.74, 6) is 0. The number of hydrogen-bond donors (Lipinski definition) is 0. The number of aryl methyl sites for hydroxylation is 1. The number of nitrogens with zero attached hydrogens (tertiary/aromatic N) is 1. The van der Waals surface area contributed by atoms with Gasteiger partial charge in [-0.1, -0.05) is 17.4 Å². The van der Waals surface area contributed by atoms with Crippen LogP contribution in [-0.4, -0.2) is 0 Å². The van der Waals surface area contributed by atoms with Gasteiger partial charge in [0.1, 0.15) is 0 Å². The summed E-state index contributed by atoms with van der Waals surface area (Å²) in [4.78, 5) is 1.38. The third kappa shape index (κ3) is 2.70. The van der Waals surface area contributed by atoms with Crippen molar-refractivity contribution in [3.05, 3.63) is 41.4 Å². The summed E-state index contributed by atoms with van der Waals surface area (Å²) in [5.41, 5.74) is 4.83. The number of aromatic nitrogens is 1. The van der Waals surface area contributed by atoms with E-state index in [2.05, 4.69) is 87.3 Å². The molecule has 0 saturated carbocycles. The first kappa shape index (κ1) is 14.7. The first-order valence-corrected chi connectivity index (χ1v) is 7.55. The molecule has 1 heterocycles. The van der Waals surface area contributed by atoms with E-state index in [9.17, 15) is 0 Å². The highest BCUT2D eigenvalue weighted by atomic mass is 127. The number of para-hydroxylation sites is 1. The second kappa shape index (κ2) is 5.97. The Bertz CT molecular complexity index is 490. The van der Waals surface area contributed by atoms with E-state index < -0.39 is 0 Å². The third-order valence-electron chi connectivity index (χ3n) is 2.38. The molecule has 2 aromatic rings. The lowest BCUT2D eigenvalue weighted by Crippen LogP contribution is -3.00. The van der Waals surface area contributed by atoms with Crippen LogP contribution in [0.3, 0.4) is 0 Å². The van der Waals surface area contributed by atoms with Crippen LogP contribution in [0.1, 0.15) is 10.6 Å². The molecule has 16 heavy (non-hydrogen) atoms. The largest absolute Gasteiger partial charge is 1.00 e. The van der Waals surface area contributed by atoms with Crippen LogP contribution in [0.2, 0.25) is 0 Å². The quantitative estimate of drug-likeness (QED) is 0.424. The molecule has 0 bridgehead atoms. The van der Waals surface area contributed by atoms with Gasteiger partial charge in [-0.15, -0.1) is 0 Å². The molecule has 0 radical (unpaired) electrons. The lowest BCUT2D eigenvalue weighted by molar-refractivity contribution is -0.599. The first-order chi connectivity index (χ1) is 7.11. The van der Waals surface area contributed by atoms with Crippen LogP contribution in [0.5, 0.6) is 0 Å². The first-order valence-electron chi connectivity index (χ1n) is 4.52. The van der Waals surface area contributed by atoms with E-state index in [1.165, 1.54) is 23.4 Å². The highest BCUT2D eigenvalue weighted by Gasteiger charge is 2.20. The molecule has 1 aromatic heterocycles. The van der Waals surface area contributed by atoms with Gasteiger partial charge in [0.25, 0.3) is 0 Å². The zero-order valence-corrected chi connectivity index (χ0v) is 14.7. The van der Waals surface area contributed by atoms with E-state index in [-0.39, 0.29) is 12.4 Å². The highest BCUT2D eigenvalue weighted by Crippen LogP contribution is 2.21. The summed E-state index contributed by atoms with van der Waals surface area (Å²) < 4.78 is 4.87. The fourth-order valence-electron chi connectivity index (χ4n) is 1.41. The topological polar surface area (TPSA) is 3.88 Å². The predicted octanol–water partition coefficient (Wildman–Crippen LogP) is 0.855. The van der Waals surface area contributed by atoms with Crippen molar-refractivity contribution in [3.8, 4) is 5.69 Å². The average molecular weight is 478 g/mol. The minimum Gasteiger partial charge on any atom is -1.00 e. The Morgan fingerprint density at radius 3 is 2.12 bits per heavy atom. The molecule has 0 spiro atoms. The van der Waals surface area contributed by atoms with Crippen molar-refractivity contribution in [2.75, 3.05) is 0 Å². The van der Waals surface area contributed by atoms with Gasteiger partial charge in [0, 0.05) is 6.92 Å². The van der Waals surface area contributed by atoms with Crippen LogP contribution in [0.25, 0.3) is 5.69 Å². The molecule has 0 fully saturated rings. The fourth-order valence-corrected chi connectivity index (χ4v) is 4.23. The maximum atomic E-state index is 2.39. The monoisotopic (exact) mass is 477 g/mol. The molecule has 0 amide bonds. The Kier molecular flexibility index (Phi) is 5.47. The summed E-state index contributed by atoms with van der Waals surface area (Å²) >= 11 is 6.59. The molecular formula is C11H10ClI2NS. The molecule has 0 saturated heterocycles. The van der Waals surface area contributed by atoms with Gasteiger partial charge in [0.2, 0.25) is 11.2 Å². The summed E-state index contributed by atoms with van der Waals surface area (Å²) in [7, 11) is 0. The molecule has 0 aliphatic rings. The molecule has 5 heteroatoms. The molecule has 0 N–H and O–H groups in total. The van der Waals surface area contributed by atoms with Crippen LogP contribution in [0, 0.1) is 21.0 Å². The Hall–Kier alpha value is 0.600. The zero-order valence-electron chi connectivity index (χ0n) is 8.80. The molecule has 0 atom stereocenters. The SMILES string of the molecule is Cc1sc[n+](-c2c(I)cccc2I)c1C.[Cl-]. The van der Waals surface area contributed by atoms with E-state index in [0.717, 1.165) is 0 Å². The van der Waals surface area contributed by atoms with Gasteiger partial charge in [0.15, 0.2) is 5.69 Å². The second-order valence-electron chi connectivity index (χ2n) is 3.31. The van der Waals surface area contributed by atoms with Crippen molar-refractivity contribution in [2.24, 2.45) is 0 Å². The van der Waals surface area contributed by atoms with Gasteiger partial charge in [-0.25, -0.2) is 0 Å². The number of halogens is 3. The molecule has 2 rings (SSSR count). The van der Waals surface area contributed by atoms with Crippen molar-refractivity contribution in [3.63, 3.8) is 0 Å². The number of benzene rings is 1. The van der Waals surface area contributed by atoms with Crippen LogP contribution in [0.4, 0.5) is 0 Å². The Morgan fingerprint density at radius 2 is 1.69 bits per heavy atom. The van der Waals surface area contributed by atoms with E-state index >= 15 is 0 Å². The molecule has 1 aromatic carbocycles. The Morgan fingerprint density at radius 1 is 1.12 bits per heavy atom. The van der Waals surface area contributed by atoms with Gasteiger partial charge in [0.05, 0.1) is 12.0 Å². The highest BCUT2D eigenvalue weighted by molar-refractivity contribution is 14.1. The smallest absolute Gasteiger partial charge is 0.238 e. The number of rotatable bonds is 1. The van der Waals surface area contributed by atoms with Gasteiger partial charge >= 0.3 is 0 Å². The van der Waals surface area contributed by atoms with E-state index in [0.29, 0.717) is 0 Å². The molecule has 86 valence electrons. The van der Waals surface area contributed by atoms with Crippen LogP contribution < -0.4 is 17.0 Å². The minimum absolute atomic E-state index is 0.